The first-order valence-electron chi connectivity index (χ1n) is 7.31. The quantitative estimate of drug-likeness (QED) is 0.860. The van der Waals surface area contributed by atoms with Crippen molar-refractivity contribution >= 4 is 27.5 Å². The van der Waals surface area contributed by atoms with Crippen LogP contribution in [0, 0.1) is 11.3 Å². The molecule has 0 aliphatic heterocycles. The van der Waals surface area contributed by atoms with E-state index in [0.29, 0.717) is 5.69 Å². The van der Waals surface area contributed by atoms with Crippen molar-refractivity contribution < 1.29 is 4.79 Å². The summed E-state index contributed by atoms with van der Waals surface area (Å²) in [5.41, 5.74) is -0.897. The smallest absolute Gasteiger partial charge is 0.325 e. The van der Waals surface area contributed by atoms with Crippen LogP contribution in [0.5, 0.6) is 0 Å². The molecule has 0 radical (unpaired) electrons. The summed E-state index contributed by atoms with van der Waals surface area (Å²) in [6.45, 7) is -0.435. The number of carbonyl (C=O) groups is 1. The first-order chi connectivity index (χ1) is 11.5. The van der Waals surface area contributed by atoms with E-state index in [1.54, 1.807) is 30.3 Å². The number of amides is 1. The molecule has 1 N–H and O–H groups in total. The number of carbonyl (C=O) groups excluding carboxylic acids is 1. The number of aromatic nitrogens is 2. The number of nitrogens with one attached hydrogen (secondary N) is 1. The lowest BCUT2D eigenvalue weighted by Gasteiger charge is -2.10. The van der Waals surface area contributed by atoms with Crippen LogP contribution in [-0.4, -0.2) is 15.0 Å². The monoisotopic (exact) mass is 388 g/mol. The van der Waals surface area contributed by atoms with Crippen LogP contribution in [0.2, 0.25) is 0 Å². The maximum absolute atomic E-state index is 12.4. The van der Waals surface area contributed by atoms with Gasteiger partial charge in [-0.2, -0.15) is 5.26 Å². The maximum Gasteiger partial charge on any atom is 0.331 e. The maximum atomic E-state index is 12.4. The van der Waals surface area contributed by atoms with E-state index in [0.717, 1.165) is 21.9 Å². The van der Waals surface area contributed by atoms with Gasteiger partial charge in [-0.1, -0.05) is 15.9 Å². The van der Waals surface area contributed by atoms with Gasteiger partial charge in [0.2, 0.25) is 5.91 Å². The summed E-state index contributed by atoms with van der Waals surface area (Å²) in [6.07, 6.45) is 2.94. The van der Waals surface area contributed by atoms with E-state index in [1.165, 1.54) is 10.8 Å². The molecule has 0 atom stereocenters. The van der Waals surface area contributed by atoms with E-state index >= 15 is 0 Å². The molecule has 0 unspecified atom stereocenters. The van der Waals surface area contributed by atoms with E-state index in [1.807, 2.05) is 0 Å². The highest BCUT2D eigenvalue weighted by molar-refractivity contribution is 9.10. The molecule has 1 heterocycles. The topological polar surface area (TPSA) is 96.9 Å². The third-order valence-corrected chi connectivity index (χ3v) is 4.21. The highest BCUT2D eigenvalue weighted by Crippen LogP contribution is 2.33. The molecule has 0 saturated heterocycles. The van der Waals surface area contributed by atoms with Gasteiger partial charge in [-0.25, -0.2) is 9.36 Å². The van der Waals surface area contributed by atoms with Gasteiger partial charge in [0.1, 0.15) is 18.2 Å². The summed E-state index contributed by atoms with van der Waals surface area (Å²) >= 11 is 3.29. The largest absolute Gasteiger partial charge is 0.331 e. The minimum atomic E-state index is -0.745. The fraction of sp³-hybridized carbons (Fsp3) is 0.250. The third-order valence-electron chi connectivity index (χ3n) is 3.69. The Hall–Kier alpha value is -2.66. The molecule has 1 aromatic heterocycles. The average molecular weight is 389 g/mol. The van der Waals surface area contributed by atoms with Crippen LogP contribution >= 0.6 is 15.9 Å². The number of nitriles is 1. The zero-order valence-corrected chi connectivity index (χ0v) is 14.1. The Morgan fingerprint density at radius 1 is 1.29 bits per heavy atom. The van der Waals surface area contributed by atoms with Gasteiger partial charge in [0.15, 0.2) is 0 Å². The predicted molar refractivity (Wildman–Crippen MR) is 90.7 cm³/mol. The standard InChI is InChI=1S/C16H13BrN4O3/c17-11-1-3-12(4-2-11)19-14(22)9-21-15(23)10(7-18)8-20(16(21)24)13-5-6-13/h1-4,8,13H,5-6,9H2,(H,19,22). The zero-order chi connectivity index (χ0) is 17.3. The number of benzene rings is 1. The lowest BCUT2D eigenvalue weighted by molar-refractivity contribution is -0.116. The lowest BCUT2D eigenvalue weighted by Crippen LogP contribution is -2.43. The molecule has 1 aliphatic rings. The molecule has 2 aromatic rings. The number of halogens is 1. The molecule has 7 nitrogen and oxygen atoms in total. The summed E-state index contributed by atoms with van der Waals surface area (Å²) in [4.78, 5) is 36.7. The zero-order valence-electron chi connectivity index (χ0n) is 12.5. The van der Waals surface area contributed by atoms with Gasteiger partial charge in [-0.05, 0) is 37.1 Å². The van der Waals surface area contributed by atoms with Crippen LogP contribution in [-0.2, 0) is 11.3 Å². The van der Waals surface area contributed by atoms with Gasteiger partial charge in [0, 0.05) is 22.4 Å². The molecule has 24 heavy (non-hydrogen) atoms. The van der Waals surface area contributed by atoms with Crippen LogP contribution < -0.4 is 16.6 Å². The molecular formula is C16H13BrN4O3. The van der Waals surface area contributed by atoms with Crippen molar-refractivity contribution in [2.45, 2.75) is 25.4 Å². The average Bonchev–Trinajstić information content (AvgIpc) is 3.39. The van der Waals surface area contributed by atoms with Crippen molar-refractivity contribution in [3.63, 3.8) is 0 Å². The second kappa shape index (κ2) is 6.45. The normalized spacial score (nSPS) is 13.3. The summed E-state index contributed by atoms with van der Waals surface area (Å²) in [5, 5.41) is 11.7. The summed E-state index contributed by atoms with van der Waals surface area (Å²) < 4.78 is 3.04. The Morgan fingerprint density at radius 3 is 2.54 bits per heavy atom. The van der Waals surface area contributed by atoms with Crippen molar-refractivity contribution in [1.82, 2.24) is 9.13 Å². The van der Waals surface area contributed by atoms with E-state index in [4.69, 9.17) is 5.26 Å². The molecule has 3 rings (SSSR count). The molecule has 8 heteroatoms. The molecule has 0 spiro atoms. The number of hydrogen-bond acceptors (Lipinski definition) is 4. The van der Waals surface area contributed by atoms with Crippen molar-refractivity contribution in [3.05, 3.63) is 61.3 Å². The summed E-state index contributed by atoms with van der Waals surface area (Å²) in [6, 6.07) is 8.70. The second-order valence-electron chi connectivity index (χ2n) is 5.52. The number of rotatable bonds is 4. The lowest BCUT2D eigenvalue weighted by atomic mass is 10.3. The predicted octanol–water partition coefficient (Wildman–Crippen LogP) is 1.62. The molecule has 1 aliphatic carbocycles. The van der Waals surface area contributed by atoms with Crippen LogP contribution in [0.25, 0.3) is 0 Å². The number of hydrogen-bond donors (Lipinski definition) is 1. The highest BCUT2D eigenvalue weighted by atomic mass is 79.9. The Bertz CT molecular complexity index is 949. The molecule has 1 fully saturated rings. The SMILES string of the molecule is N#Cc1cn(C2CC2)c(=O)n(CC(=O)Nc2ccc(Br)cc2)c1=O. The van der Waals surface area contributed by atoms with E-state index < -0.39 is 23.7 Å². The van der Waals surface area contributed by atoms with Crippen molar-refractivity contribution in [3.8, 4) is 6.07 Å². The molecule has 0 bridgehead atoms. The Kier molecular flexibility index (Phi) is 4.36. The van der Waals surface area contributed by atoms with Crippen molar-refractivity contribution in [2.75, 3.05) is 5.32 Å². The third kappa shape index (κ3) is 3.31. The van der Waals surface area contributed by atoms with E-state index in [9.17, 15) is 14.4 Å². The highest BCUT2D eigenvalue weighted by Gasteiger charge is 2.27. The van der Waals surface area contributed by atoms with Crippen LogP contribution in [0.1, 0.15) is 24.4 Å². The van der Waals surface area contributed by atoms with Gasteiger partial charge >= 0.3 is 5.69 Å². The number of nitrogens with zero attached hydrogens (tertiary/aromatic N) is 3. The molecule has 1 saturated carbocycles. The van der Waals surface area contributed by atoms with Gasteiger partial charge in [-0.15, -0.1) is 0 Å². The first-order valence-corrected chi connectivity index (χ1v) is 8.10. The minimum Gasteiger partial charge on any atom is -0.325 e. The minimum absolute atomic E-state index is 0.00554. The Morgan fingerprint density at radius 2 is 1.96 bits per heavy atom. The van der Waals surface area contributed by atoms with Gasteiger partial charge < -0.3 is 5.32 Å². The van der Waals surface area contributed by atoms with Gasteiger partial charge in [0.25, 0.3) is 5.56 Å². The van der Waals surface area contributed by atoms with Crippen LogP contribution in [0.4, 0.5) is 5.69 Å². The Balaban J connectivity index is 1.89. The fourth-order valence-corrected chi connectivity index (χ4v) is 2.59. The summed E-state index contributed by atoms with van der Waals surface area (Å²) in [5.74, 6) is -0.506. The van der Waals surface area contributed by atoms with Crippen LogP contribution in [0.3, 0.4) is 0 Å². The number of anilines is 1. The van der Waals surface area contributed by atoms with Gasteiger partial charge in [0.05, 0.1) is 0 Å². The van der Waals surface area contributed by atoms with Crippen LogP contribution in [0.15, 0.2) is 44.5 Å². The van der Waals surface area contributed by atoms with E-state index in [2.05, 4.69) is 21.2 Å². The molecule has 1 amide bonds. The fourth-order valence-electron chi connectivity index (χ4n) is 2.33. The van der Waals surface area contributed by atoms with E-state index in [-0.39, 0.29) is 11.6 Å². The van der Waals surface area contributed by atoms with Crippen molar-refractivity contribution in [2.24, 2.45) is 0 Å². The Labute approximate surface area is 145 Å². The molecule has 122 valence electrons. The molecule has 1 aromatic carbocycles. The molecular weight excluding hydrogens is 376 g/mol. The summed E-state index contributed by atoms with van der Waals surface area (Å²) in [7, 11) is 0. The van der Waals surface area contributed by atoms with Gasteiger partial charge in [-0.3, -0.25) is 14.2 Å². The second-order valence-corrected chi connectivity index (χ2v) is 6.44. The van der Waals surface area contributed by atoms with Crippen molar-refractivity contribution in [1.29, 1.82) is 5.26 Å². The first kappa shape index (κ1) is 16.2.